The molecule has 2 aromatic carbocycles. The smallest absolute Gasteiger partial charge is 0.434 e. The molecular weight excluding hydrogens is 605 g/mol. The first-order valence-electron chi connectivity index (χ1n) is 16.0. The second-order valence-corrected chi connectivity index (χ2v) is 12.9. The Labute approximate surface area is 268 Å². The standard InChI is InChI=1S/C35H31F3N8O/c1-45-16-25(35(36,37)38)42-32(45)21-8-6-18(7-9-21)15-46-33-28-24(14-22-5-3-4-19-12-13-23(44-46)27(28)26(19)22)41-31(43-33)29-30(20-10-11-20)39-17-40-34(29)47-2/h6-9,12-13,16-17,20,22,44H,3-5,10-11,14-15H2,1-2H3. The molecule has 0 saturated heterocycles. The Kier molecular flexibility index (Phi) is 6.16. The summed E-state index contributed by atoms with van der Waals surface area (Å²) in [4.78, 5) is 23.5. The van der Waals surface area contributed by atoms with E-state index in [2.05, 4.69) is 32.5 Å². The zero-order valence-electron chi connectivity index (χ0n) is 25.9. The lowest BCUT2D eigenvalue weighted by atomic mass is 9.71. The Bertz CT molecular complexity index is 2070. The van der Waals surface area contributed by atoms with E-state index in [4.69, 9.17) is 14.7 Å². The molecule has 238 valence electrons. The van der Waals surface area contributed by atoms with Gasteiger partial charge in [0, 0.05) is 30.3 Å². The highest BCUT2D eigenvalue weighted by Crippen LogP contribution is 2.54. The van der Waals surface area contributed by atoms with Crippen LogP contribution in [0.3, 0.4) is 0 Å². The van der Waals surface area contributed by atoms with Crippen LogP contribution in [0.15, 0.2) is 48.9 Å². The molecule has 0 spiro atoms. The molecule has 0 radical (unpaired) electrons. The first-order valence-corrected chi connectivity index (χ1v) is 16.0. The van der Waals surface area contributed by atoms with Gasteiger partial charge in [0.05, 0.1) is 36.3 Å². The highest BCUT2D eigenvalue weighted by molar-refractivity contribution is 5.96. The van der Waals surface area contributed by atoms with Gasteiger partial charge in [0.2, 0.25) is 5.88 Å². The minimum atomic E-state index is -4.50. The van der Waals surface area contributed by atoms with Gasteiger partial charge in [0.1, 0.15) is 17.7 Å². The quantitative estimate of drug-likeness (QED) is 0.209. The van der Waals surface area contributed by atoms with Crippen molar-refractivity contribution in [1.82, 2.24) is 29.5 Å². The fraction of sp³-hybridized carbons (Fsp3) is 0.343. The van der Waals surface area contributed by atoms with Gasteiger partial charge in [-0.25, -0.2) is 24.9 Å². The van der Waals surface area contributed by atoms with Gasteiger partial charge < -0.3 is 9.30 Å². The van der Waals surface area contributed by atoms with Gasteiger partial charge in [-0.2, -0.15) is 13.2 Å². The summed E-state index contributed by atoms with van der Waals surface area (Å²) in [6.07, 6.45) is 4.38. The number of imidazole rings is 1. The van der Waals surface area contributed by atoms with Crippen molar-refractivity contribution in [2.24, 2.45) is 7.05 Å². The van der Waals surface area contributed by atoms with Gasteiger partial charge in [-0.1, -0.05) is 30.3 Å². The van der Waals surface area contributed by atoms with Gasteiger partial charge in [-0.05, 0) is 67.2 Å². The van der Waals surface area contributed by atoms with Crippen LogP contribution in [0.25, 0.3) is 33.9 Å². The molecule has 4 aliphatic rings. The molecule has 1 unspecified atom stereocenters. The molecule has 3 aliphatic carbocycles. The summed E-state index contributed by atoms with van der Waals surface area (Å²) in [6, 6.07) is 11.9. The van der Waals surface area contributed by atoms with Crippen molar-refractivity contribution in [2.45, 2.75) is 63.1 Å². The van der Waals surface area contributed by atoms with Crippen molar-refractivity contribution in [3.63, 3.8) is 0 Å². The monoisotopic (exact) mass is 636 g/mol. The lowest BCUT2D eigenvalue weighted by molar-refractivity contribution is -0.140. The number of nitrogens with one attached hydrogen (secondary N) is 1. The number of ether oxygens (including phenoxy) is 1. The number of hydrogen-bond acceptors (Lipinski definition) is 8. The molecular formula is C35H31F3N8O. The van der Waals surface area contributed by atoms with Gasteiger partial charge in [0.15, 0.2) is 17.3 Å². The molecule has 1 fully saturated rings. The van der Waals surface area contributed by atoms with E-state index in [9.17, 15) is 13.2 Å². The van der Waals surface area contributed by atoms with Crippen LogP contribution in [-0.4, -0.2) is 36.6 Å². The largest absolute Gasteiger partial charge is 0.480 e. The molecule has 9 nitrogen and oxygen atoms in total. The average molecular weight is 637 g/mol. The third-order valence-electron chi connectivity index (χ3n) is 9.85. The molecule has 0 bridgehead atoms. The van der Waals surface area contributed by atoms with Crippen molar-refractivity contribution in [3.8, 4) is 39.8 Å². The fourth-order valence-electron chi connectivity index (χ4n) is 7.57. The van der Waals surface area contributed by atoms with Gasteiger partial charge in [0.25, 0.3) is 0 Å². The fourth-order valence-corrected chi connectivity index (χ4v) is 7.57. The Morgan fingerprint density at radius 3 is 2.51 bits per heavy atom. The number of aromatic nitrogens is 6. The molecule has 1 atom stereocenters. The van der Waals surface area contributed by atoms with E-state index in [1.807, 2.05) is 29.3 Å². The third-order valence-corrected chi connectivity index (χ3v) is 9.85. The molecule has 1 saturated carbocycles. The number of anilines is 2. The average Bonchev–Trinajstić information content (AvgIpc) is 3.84. The van der Waals surface area contributed by atoms with Crippen molar-refractivity contribution in [1.29, 1.82) is 0 Å². The molecule has 47 heavy (non-hydrogen) atoms. The van der Waals surface area contributed by atoms with Crippen LogP contribution in [0, 0.1) is 0 Å². The number of aryl methyl sites for hydroxylation is 2. The molecule has 4 heterocycles. The predicted octanol–water partition coefficient (Wildman–Crippen LogP) is 7.23. The topological polar surface area (TPSA) is 93.9 Å². The summed E-state index contributed by atoms with van der Waals surface area (Å²) in [5.41, 5.74) is 13.1. The normalized spacial score (nSPS) is 17.7. The van der Waals surface area contributed by atoms with E-state index in [1.165, 1.54) is 21.3 Å². The number of hydrogen-bond donors (Lipinski definition) is 1. The van der Waals surface area contributed by atoms with Crippen molar-refractivity contribution in [3.05, 3.63) is 82.7 Å². The van der Waals surface area contributed by atoms with Crippen LogP contribution in [0.5, 0.6) is 5.88 Å². The van der Waals surface area contributed by atoms with Crippen LogP contribution in [-0.2, 0) is 32.6 Å². The summed E-state index contributed by atoms with van der Waals surface area (Å²) in [7, 11) is 3.19. The Morgan fingerprint density at radius 1 is 0.936 bits per heavy atom. The summed E-state index contributed by atoms with van der Waals surface area (Å²) in [5.74, 6) is 2.82. The second-order valence-electron chi connectivity index (χ2n) is 12.9. The van der Waals surface area contributed by atoms with E-state index in [1.54, 1.807) is 20.5 Å². The molecule has 3 aromatic heterocycles. The predicted molar refractivity (Wildman–Crippen MR) is 170 cm³/mol. The zero-order valence-corrected chi connectivity index (χ0v) is 25.9. The number of halogens is 3. The number of benzene rings is 2. The highest BCUT2D eigenvalue weighted by atomic mass is 19.4. The highest BCUT2D eigenvalue weighted by Gasteiger charge is 2.40. The Morgan fingerprint density at radius 2 is 1.77 bits per heavy atom. The Balaban J connectivity index is 1.15. The molecule has 9 rings (SSSR count). The minimum Gasteiger partial charge on any atom is -0.480 e. The molecule has 0 amide bonds. The number of rotatable bonds is 6. The van der Waals surface area contributed by atoms with Crippen LogP contribution in [0.4, 0.5) is 24.7 Å². The Hall–Kier alpha value is -5.00. The number of alkyl halides is 3. The molecule has 1 aliphatic heterocycles. The number of methoxy groups -OCH3 is 1. The first kappa shape index (κ1) is 28.2. The van der Waals surface area contributed by atoms with Crippen molar-refractivity contribution in [2.75, 3.05) is 17.5 Å². The van der Waals surface area contributed by atoms with E-state index in [0.717, 1.165) is 84.3 Å². The van der Waals surface area contributed by atoms with Crippen molar-refractivity contribution >= 4 is 11.5 Å². The molecule has 12 heteroatoms. The molecule has 5 aromatic rings. The molecule has 1 N–H and O–H groups in total. The van der Waals surface area contributed by atoms with Gasteiger partial charge in [-0.15, -0.1) is 0 Å². The summed E-state index contributed by atoms with van der Waals surface area (Å²) in [5, 5.41) is 2.05. The summed E-state index contributed by atoms with van der Waals surface area (Å²) in [6.45, 7) is 0.454. The van der Waals surface area contributed by atoms with Crippen LogP contribution < -0.4 is 15.2 Å². The van der Waals surface area contributed by atoms with E-state index >= 15 is 0 Å². The lowest BCUT2D eigenvalue weighted by Gasteiger charge is -2.41. The van der Waals surface area contributed by atoms with E-state index < -0.39 is 11.9 Å². The zero-order chi connectivity index (χ0) is 32.0. The maximum atomic E-state index is 13.3. The SMILES string of the molecule is COc1ncnc(C2CC2)c1-c1nc2c3c(n1)N(Cc1ccc(-c4nc(C(F)(F)F)cn4C)cc1)Nc1ccc4c(c1-3)C(CCC4)C2. The lowest BCUT2D eigenvalue weighted by Crippen LogP contribution is -2.36. The number of nitrogens with zero attached hydrogens (tertiary/aromatic N) is 7. The van der Waals surface area contributed by atoms with E-state index in [-0.39, 0.29) is 5.82 Å². The summed E-state index contributed by atoms with van der Waals surface area (Å²) < 4.78 is 47.1. The summed E-state index contributed by atoms with van der Waals surface area (Å²) >= 11 is 0. The second kappa shape index (κ2) is 10.2. The van der Waals surface area contributed by atoms with E-state index in [0.29, 0.717) is 35.6 Å². The van der Waals surface area contributed by atoms with Crippen LogP contribution in [0.2, 0.25) is 0 Å². The van der Waals surface area contributed by atoms with Gasteiger partial charge in [-0.3, -0.25) is 10.4 Å². The van der Waals surface area contributed by atoms with Gasteiger partial charge >= 0.3 is 6.18 Å². The van der Waals surface area contributed by atoms with Crippen LogP contribution in [0.1, 0.15) is 71.3 Å². The minimum absolute atomic E-state index is 0.258. The van der Waals surface area contributed by atoms with Crippen molar-refractivity contribution < 1.29 is 17.9 Å². The maximum absolute atomic E-state index is 13.3. The maximum Gasteiger partial charge on any atom is 0.434 e. The first-order chi connectivity index (χ1) is 22.8. The van der Waals surface area contributed by atoms with Crippen LogP contribution >= 0.6 is 0 Å². The third kappa shape index (κ3) is 4.56. The number of hydrazine groups is 1.